The number of carbonyl (C=O) groups excluding carboxylic acids is 1. The van der Waals surface area contributed by atoms with Crippen molar-refractivity contribution in [1.82, 2.24) is 14.8 Å². The molecule has 0 aliphatic heterocycles. The van der Waals surface area contributed by atoms with Gasteiger partial charge in [-0.15, -0.1) is 0 Å². The predicted molar refractivity (Wildman–Crippen MR) is 62.0 cm³/mol. The monoisotopic (exact) mass is 231 g/mol. The van der Waals surface area contributed by atoms with Gasteiger partial charge < -0.3 is 4.74 Å². The molecule has 5 heteroatoms. The number of rotatable bonds is 5. The van der Waals surface area contributed by atoms with Crippen LogP contribution in [0.4, 0.5) is 0 Å². The molecule has 5 nitrogen and oxygen atoms in total. The third-order valence-electron chi connectivity index (χ3n) is 2.31. The second-order valence-corrected chi connectivity index (χ2v) is 3.56. The number of ketones is 1. The van der Waals surface area contributed by atoms with E-state index >= 15 is 0 Å². The van der Waals surface area contributed by atoms with Gasteiger partial charge in [0.25, 0.3) is 0 Å². The zero-order chi connectivity index (χ0) is 12.1. The number of benzene rings is 1. The standard InChI is InChI=1S/C12H13N3O2/c1-10(16)11-4-2-3-5-12(11)17-7-6-15-9-13-8-14-15/h2-5,8-9H,6-7H2,1H3. The van der Waals surface area contributed by atoms with E-state index in [4.69, 9.17) is 4.74 Å². The van der Waals surface area contributed by atoms with E-state index in [-0.39, 0.29) is 5.78 Å². The summed E-state index contributed by atoms with van der Waals surface area (Å²) in [6, 6.07) is 7.21. The molecule has 0 unspecified atom stereocenters. The second kappa shape index (κ2) is 5.25. The summed E-state index contributed by atoms with van der Waals surface area (Å²) >= 11 is 0. The molecule has 0 amide bonds. The number of Topliss-reactive ketones (excluding diaryl/α,β-unsaturated/α-hetero) is 1. The molecule has 0 bridgehead atoms. The summed E-state index contributed by atoms with van der Waals surface area (Å²) < 4.78 is 7.24. The van der Waals surface area contributed by atoms with Gasteiger partial charge in [0.15, 0.2) is 5.78 Å². The largest absolute Gasteiger partial charge is 0.491 e. The van der Waals surface area contributed by atoms with Crippen LogP contribution in [0.25, 0.3) is 0 Å². The van der Waals surface area contributed by atoms with Gasteiger partial charge in [-0.2, -0.15) is 5.10 Å². The van der Waals surface area contributed by atoms with Crippen molar-refractivity contribution in [3.63, 3.8) is 0 Å². The third kappa shape index (κ3) is 2.90. The highest BCUT2D eigenvalue weighted by molar-refractivity contribution is 5.96. The van der Waals surface area contributed by atoms with Gasteiger partial charge >= 0.3 is 0 Å². The fourth-order valence-corrected chi connectivity index (χ4v) is 1.48. The quantitative estimate of drug-likeness (QED) is 0.733. The van der Waals surface area contributed by atoms with Crippen molar-refractivity contribution in [1.29, 1.82) is 0 Å². The topological polar surface area (TPSA) is 57.0 Å². The van der Waals surface area contributed by atoms with Crippen LogP contribution in [0.1, 0.15) is 17.3 Å². The molecule has 1 heterocycles. The fraction of sp³-hybridized carbons (Fsp3) is 0.250. The Kier molecular flexibility index (Phi) is 3.49. The molecule has 17 heavy (non-hydrogen) atoms. The van der Waals surface area contributed by atoms with Crippen molar-refractivity contribution >= 4 is 5.78 Å². The highest BCUT2D eigenvalue weighted by Gasteiger charge is 2.06. The minimum Gasteiger partial charge on any atom is -0.491 e. The smallest absolute Gasteiger partial charge is 0.163 e. The summed E-state index contributed by atoms with van der Waals surface area (Å²) in [7, 11) is 0. The van der Waals surface area contributed by atoms with E-state index in [1.54, 1.807) is 23.1 Å². The number of ether oxygens (including phenoxy) is 1. The van der Waals surface area contributed by atoms with E-state index in [0.29, 0.717) is 24.5 Å². The molecule has 0 saturated heterocycles. The summed E-state index contributed by atoms with van der Waals surface area (Å²) in [6.07, 6.45) is 3.10. The molecular weight excluding hydrogens is 218 g/mol. The van der Waals surface area contributed by atoms with Crippen molar-refractivity contribution < 1.29 is 9.53 Å². The second-order valence-electron chi connectivity index (χ2n) is 3.56. The van der Waals surface area contributed by atoms with Crippen LogP contribution in [0.3, 0.4) is 0 Å². The van der Waals surface area contributed by atoms with E-state index in [1.807, 2.05) is 12.1 Å². The van der Waals surface area contributed by atoms with Gasteiger partial charge in [0.1, 0.15) is 25.0 Å². The Hall–Kier alpha value is -2.17. The molecule has 0 aliphatic rings. The average molecular weight is 231 g/mol. The van der Waals surface area contributed by atoms with Crippen LogP contribution in [0.5, 0.6) is 5.75 Å². The van der Waals surface area contributed by atoms with Gasteiger partial charge in [0.2, 0.25) is 0 Å². The first-order valence-electron chi connectivity index (χ1n) is 5.32. The van der Waals surface area contributed by atoms with Crippen molar-refractivity contribution in [2.24, 2.45) is 0 Å². The molecule has 0 atom stereocenters. The maximum Gasteiger partial charge on any atom is 0.163 e. The van der Waals surface area contributed by atoms with Crippen LogP contribution in [0.2, 0.25) is 0 Å². The van der Waals surface area contributed by atoms with Crippen molar-refractivity contribution in [3.05, 3.63) is 42.5 Å². The molecule has 0 fully saturated rings. The van der Waals surface area contributed by atoms with Crippen LogP contribution in [-0.4, -0.2) is 27.2 Å². The number of para-hydroxylation sites is 1. The van der Waals surface area contributed by atoms with Crippen LogP contribution in [0, 0.1) is 0 Å². The van der Waals surface area contributed by atoms with E-state index in [0.717, 1.165) is 0 Å². The zero-order valence-corrected chi connectivity index (χ0v) is 9.54. The minimum atomic E-state index is 0.00126. The van der Waals surface area contributed by atoms with Crippen molar-refractivity contribution in [3.8, 4) is 5.75 Å². The fourth-order valence-electron chi connectivity index (χ4n) is 1.48. The van der Waals surface area contributed by atoms with Crippen molar-refractivity contribution in [2.75, 3.05) is 6.61 Å². The van der Waals surface area contributed by atoms with Gasteiger partial charge in [-0.25, -0.2) is 9.67 Å². The summed E-state index contributed by atoms with van der Waals surface area (Å²) in [5.74, 6) is 0.612. The van der Waals surface area contributed by atoms with E-state index in [9.17, 15) is 4.79 Å². The lowest BCUT2D eigenvalue weighted by Crippen LogP contribution is -2.10. The molecule has 0 radical (unpaired) electrons. The summed E-state index contributed by atoms with van der Waals surface area (Å²) in [5, 5.41) is 3.96. The molecule has 2 rings (SSSR count). The van der Waals surface area contributed by atoms with Crippen LogP contribution >= 0.6 is 0 Å². The Labute approximate surface area is 99.1 Å². The molecule has 1 aromatic carbocycles. The lowest BCUT2D eigenvalue weighted by Gasteiger charge is -2.09. The first-order chi connectivity index (χ1) is 8.27. The van der Waals surface area contributed by atoms with Crippen LogP contribution in [0.15, 0.2) is 36.9 Å². The Morgan fingerprint density at radius 3 is 2.94 bits per heavy atom. The van der Waals surface area contributed by atoms with Gasteiger partial charge in [-0.05, 0) is 19.1 Å². The highest BCUT2D eigenvalue weighted by Crippen LogP contribution is 2.18. The first-order valence-corrected chi connectivity index (χ1v) is 5.32. The normalized spacial score (nSPS) is 10.2. The Morgan fingerprint density at radius 2 is 2.24 bits per heavy atom. The highest BCUT2D eigenvalue weighted by atomic mass is 16.5. The van der Waals surface area contributed by atoms with E-state index < -0.39 is 0 Å². The third-order valence-corrected chi connectivity index (χ3v) is 2.31. The summed E-state index contributed by atoms with van der Waals surface area (Å²) in [4.78, 5) is 15.2. The molecule has 88 valence electrons. The SMILES string of the molecule is CC(=O)c1ccccc1OCCn1cncn1. The van der Waals surface area contributed by atoms with Crippen LogP contribution < -0.4 is 4.74 Å². The molecule has 2 aromatic rings. The maximum atomic E-state index is 11.4. The lowest BCUT2D eigenvalue weighted by atomic mass is 10.1. The molecule has 0 saturated carbocycles. The number of carbonyl (C=O) groups is 1. The van der Waals surface area contributed by atoms with Gasteiger partial charge in [0, 0.05) is 0 Å². The van der Waals surface area contributed by atoms with E-state index in [1.165, 1.54) is 13.3 Å². The number of nitrogens with zero attached hydrogens (tertiary/aromatic N) is 3. The Balaban J connectivity index is 1.97. The first kappa shape index (κ1) is 11.3. The van der Waals surface area contributed by atoms with Crippen molar-refractivity contribution in [2.45, 2.75) is 13.5 Å². The Bertz CT molecular complexity index is 494. The molecule has 0 N–H and O–H groups in total. The number of hydrogen-bond donors (Lipinski definition) is 0. The van der Waals surface area contributed by atoms with E-state index in [2.05, 4.69) is 10.1 Å². The number of hydrogen-bond acceptors (Lipinski definition) is 4. The molecule has 0 aliphatic carbocycles. The molecule has 0 spiro atoms. The lowest BCUT2D eigenvalue weighted by molar-refractivity contribution is 0.101. The maximum absolute atomic E-state index is 11.4. The predicted octanol–water partition coefficient (Wildman–Crippen LogP) is 1.56. The summed E-state index contributed by atoms with van der Waals surface area (Å²) in [6.45, 7) is 2.58. The number of aromatic nitrogens is 3. The Morgan fingerprint density at radius 1 is 1.41 bits per heavy atom. The van der Waals surface area contributed by atoms with Crippen LogP contribution in [-0.2, 0) is 6.54 Å². The average Bonchev–Trinajstić information content (AvgIpc) is 2.82. The molecule has 1 aromatic heterocycles. The summed E-state index contributed by atoms with van der Waals surface area (Å²) in [5.41, 5.74) is 0.603. The van der Waals surface area contributed by atoms with Gasteiger partial charge in [-0.3, -0.25) is 4.79 Å². The molecular formula is C12H13N3O2. The van der Waals surface area contributed by atoms with Gasteiger partial charge in [-0.1, -0.05) is 12.1 Å². The minimum absolute atomic E-state index is 0.00126. The zero-order valence-electron chi connectivity index (χ0n) is 9.54. The van der Waals surface area contributed by atoms with Gasteiger partial charge in [0.05, 0.1) is 12.1 Å².